The van der Waals surface area contributed by atoms with Crippen LogP contribution in [0.2, 0.25) is 0 Å². The highest BCUT2D eigenvalue weighted by molar-refractivity contribution is 7.89. The Morgan fingerprint density at radius 3 is 2.68 bits per heavy atom. The smallest absolute Gasteiger partial charge is 0.273 e. The van der Waals surface area contributed by atoms with Crippen molar-refractivity contribution in [3.8, 4) is 0 Å². The van der Waals surface area contributed by atoms with Crippen molar-refractivity contribution in [2.24, 2.45) is 11.7 Å². The Hall–Kier alpha value is -0.890. The maximum atomic E-state index is 12.0. The number of hydrogen-bond donors (Lipinski definition) is 2. The van der Waals surface area contributed by atoms with Crippen LogP contribution in [0.3, 0.4) is 0 Å². The van der Waals surface area contributed by atoms with Crippen molar-refractivity contribution in [3.05, 3.63) is 17.9 Å². The normalized spacial score (nSPS) is 18.8. The van der Waals surface area contributed by atoms with Crippen molar-refractivity contribution in [1.29, 1.82) is 0 Å². The van der Waals surface area contributed by atoms with Crippen LogP contribution < -0.4 is 10.5 Å². The van der Waals surface area contributed by atoms with E-state index in [1.54, 1.807) is 6.07 Å². The fourth-order valence-corrected chi connectivity index (χ4v) is 3.24. The third-order valence-electron chi connectivity index (χ3n) is 3.50. The molecule has 1 saturated heterocycles. The van der Waals surface area contributed by atoms with E-state index in [9.17, 15) is 8.42 Å². The molecule has 1 aliphatic rings. The Kier molecular flexibility index (Phi) is 4.62. The van der Waals surface area contributed by atoms with E-state index < -0.39 is 10.0 Å². The molecule has 0 saturated carbocycles. The summed E-state index contributed by atoms with van der Waals surface area (Å²) in [5, 5.41) is -0.0547. The van der Waals surface area contributed by atoms with Gasteiger partial charge in [0.1, 0.15) is 5.76 Å². The van der Waals surface area contributed by atoms with Crippen molar-refractivity contribution < 1.29 is 12.8 Å². The molecule has 0 unspecified atom stereocenters. The average Bonchev–Trinajstić information content (AvgIpc) is 2.88. The summed E-state index contributed by atoms with van der Waals surface area (Å²) in [6.45, 7) is 2.70. The van der Waals surface area contributed by atoms with Crippen LogP contribution in [0.15, 0.2) is 21.6 Å². The van der Waals surface area contributed by atoms with E-state index in [-0.39, 0.29) is 11.6 Å². The van der Waals surface area contributed by atoms with E-state index in [4.69, 9.17) is 10.2 Å². The highest BCUT2D eigenvalue weighted by atomic mass is 32.2. The van der Waals surface area contributed by atoms with Crippen molar-refractivity contribution in [2.45, 2.75) is 24.5 Å². The zero-order chi connectivity index (χ0) is 13.9. The first-order chi connectivity index (χ1) is 9.01. The van der Waals surface area contributed by atoms with Crippen molar-refractivity contribution in [1.82, 2.24) is 9.62 Å². The van der Waals surface area contributed by atoms with Crippen molar-refractivity contribution >= 4 is 10.0 Å². The third kappa shape index (κ3) is 3.79. The second kappa shape index (κ2) is 6.04. The van der Waals surface area contributed by atoms with Gasteiger partial charge in [-0.05, 0) is 51.0 Å². The second-order valence-electron chi connectivity index (χ2n) is 5.02. The first-order valence-corrected chi connectivity index (χ1v) is 7.96. The summed E-state index contributed by atoms with van der Waals surface area (Å²) in [5.41, 5.74) is 5.40. The molecule has 7 heteroatoms. The monoisotopic (exact) mass is 287 g/mol. The van der Waals surface area contributed by atoms with Crippen molar-refractivity contribution in [3.63, 3.8) is 0 Å². The summed E-state index contributed by atoms with van der Waals surface area (Å²) >= 11 is 0. The SMILES string of the molecule is CN1CCC(CNS(=O)(=O)c2ccc(CN)o2)CC1. The summed E-state index contributed by atoms with van der Waals surface area (Å²) in [6, 6.07) is 3.03. The molecule has 19 heavy (non-hydrogen) atoms. The molecule has 1 aromatic rings. The Bertz CT molecular complexity index is 504. The van der Waals surface area contributed by atoms with Gasteiger partial charge in [0.25, 0.3) is 10.0 Å². The summed E-state index contributed by atoms with van der Waals surface area (Å²) in [5.74, 6) is 0.870. The van der Waals surface area contributed by atoms with Crippen LogP contribution in [0.1, 0.15) is 18.6 Å². The number of likely N-dealkylation sites (tertiary alicyclic amines) is 1. The minimum Gasteiger partial charge on any atom is -0.447 e. The molecule has 108 valence electrons. The highest BCUT2D eigenvalue weighted by Crippen LogP contribution is 2.17. The number of piperidine rings is 1. The van der Waals surface area contributed by atoms with Crippen LogP contribution in [0.5, 0.6) is 0 Å². The fourth-order valence-electron chi connectivity index (χ4n) is 2.18. The lowest BCUT2D eigenvalue weighted by Gasteiger charge is -2.28. The van der Waals surface area contributed by atoms with Gasteiger partial charge in [0.15, 0.2) is 0 Å². The number of nitrogens with two attached hydrogens (primary N) is 1. The lowest BCUT2D eigenvalue weighted by molar-refractivity contribution is 0.220. The molecule has 3 N–H and O–H groups in total. The van der Waals surface area contributed by atoms with E-state index in [0.29, 0.717) is 18.2 Å². The van der Waals surface area contributed by atoms with Gasteiger partial charge in [0, 0.05) is 6.54 Å². The maximum absolute atomic E-state index is 12.0. The Morgan fingerprint density at radius 2 is 2.11 bits per heavy atom. The lowest BCUT2D eigenvalue weighted by atomic mass is 9.98. The maximum Gasteiger partial charge on any atom is 0.273 e. The summed E-state index contributed by atoms with van der Waals surface area (Å²) in [6.07, 6.45) is 2.04. The molecular weight excluding hydrogens is 266 g/mol. The minimum atomic E-state index is -3.55. The molecule has 0 aromatic carbocycles. The molecule has 6 nitrogen and oxygen atoms in total. The molecule has 1 fully saturated rings. The first-order valence-electron chi connectivity index (χ1n) is 6.48. The highest BCUT2D eigenvalue weighted by Gasteiger charge is 2.22. The summed E-state index contributed by atoms with van der Waals surface area (Å²) < 4.78 is 31.8. The van der Waals surface area contributed by atoms with E-state index in [0.717, 1.165) is 25.9 Å². The van der Waals surface area contributed by atoms with Crippen LogP contribution in [-0.4, -0.2) is 40.0 Å². The molecule has 2 rings (SSSR count). The lowest BCUT2D eigenvalue weighted by Crippen LogP contribution is -2.36. The molecule has 2 heterocycles. The van der Waals surface area contributed by atoms with E-state index >= 15 is 0 Å². The van der Waals surface area contributed by atoms with Crippen LogP contribution >= 0.6 is 0 Å². The van der Waals surface area contributed by atoms with Crippen LogP contribution in [0.4, 0.5) is 0 Å². The summed E-state index contributed by atoms with van der Waals surface area (Å²) in [7, 11) is -1.47. The molecule has 0 amide bonds. The van der Waals surface area contributed by atoms with Gasteiger partial charge in [-0.2, -0.15) is 0 Å². The molecule has 0 atom stereocenters. The molecule has 0 bridgehead atoms. The first kappa shape index (κ1) is 14.5. The van der Waals surface area contributed by atoms with Gasteiger partial charge in [-0.15, -0.1) is 0 Å². The van der Waals surface area contributed by atoms with Gasteiger partial charge in [0.2, 0.25) is 5.09 Å². The van der Waals surface area contributed by atoms with Gasteiger partial charge in [-0.3, -0.25) is 0 Å². The zero-order valence-electron chi connectivity index (χ0n) is 11.1. The Morgan fingerprint density at radius 1 is 1.42 bits per heavy atom. The number of nitrogens with one attached hydrogen (secondary N) is 1. The Balaban J connectivity index is 1.90. The standard InChI is InChI=1S/C12H21N3O3S/c1-15-6-4-10(5-7-15)9-14-19(16,17)12-3-2-11(8-13)18-12/h2-3,10,14H,4-9,13H2,1H3. The van der Waals surface area contributed by atoms with Crippen molar-refractivity contribution in [2.75, 3.05) is 26.7 Å². The van der Waals surface area contributed by atoms with Crippen LogP contribution in [0.25, 0.3) is 0 Å². The van der Waals surface area contributed by atoms with Gasteiger partial charge in [-0.25, -0.2) is 13.1 Å². The van der Waals surface area contributed by atoms with Crippen LogP contribution in [-0.2, 0) is 16.6 Å². The number of furan rings is 1. The molecule has 0 aliphatic carbocycles. The molecule has 0 spiro atoms. The fraction of sp³-hybridized carbons (Fsp3) is 0.667. The molecule has 1 aliphatic heterocycles. The average molecular weight is 287 g/mol. The molecule has 0 radical (unpaired) electrons. The second-order valence-corrected chi connectivity index (χ2v) is 6.72. The number of sulfonamides is 1. The Labute approximate surface area is 114 Å². The number of hydrogen-bond acceptors (Lipinski definition) is 5. The van der Waals surface area contributed by atoms with Gasteiger partial charge in [-0.1, -0.05) is 0 Å². The third-order valence-corrected chi connectivity index (χ3v) is 4.80. The minimum absolute atomic E-state index is 0.0547. The largest absolute Gasteiger partial charge is 0.447 e. The van der Waals surface area contributed by atoms with E-state index in [1.165, 1.54) is 6.07 Å². The van der Waals surface area contributed by atoms with E-state index in [2.05, 4.69) is 16.7 Å². The number of rotatable bonds is 5. The van der Waals surface area contributed by atoms with E-state index in [1.807, 2.05) is 0 Å². The number of nitrogens with zero attached hydrogens (tertiary/aromatic N) is 1. The zero-order valence-corrected chi connectivity index (χ0v) is 11.9. The summed E-state index contributed by atoms with van der Waals surface area (Å²) in [4.78, 5) is 2.26. The van der Waals surface area contributed by atoms with Crippen LogP contribution in [0, 0.1) is 5.92 Å². The molecule has 1 aromatic heterocycles. The van der Waals surface area contributed by atoms with Gasteiger partial charge in [0.05, 0.1) is 6.54 Å². The quantitative estimate of drug-likeness (QED) is 0.816. The van der Waals surface area contributed by atoms with Gasteiger partial charge >= 0.3 is 0 Å². The van der Waals surface area contributed by atoms with Gasteiger partial charge < -0.3 is 15.1 Å². The predicted molar refractivity (Wildman–Crippen MR) is 72.0 cm³/mol. The molecular formula is C12H21N3O3S. The topological polar surface area (TPSA) is 88.6 Å². The predicted octanol–water partition coefficient (Wildman–Crippen LogP) is 0.358.